The van der Waals surface area contributed by atoms with Crippen LogP contribution in [-0.2, 0) is 4.74 Å². The molecule has 0 unspecified atom stereocenters. The number of methoxy groups -OCH3 is 1. The van der Waals surface area contributed by atoms with Crippen LogP contribution in [0.2, 0.25) is 0 Å². The lowest BCUT2D eigenvalue weighted by atomic mass is 10.2. The normalized spacial score (nSPS) is 13.5. The number of fused-ring (bicyclic) bond motifs is 1. The number of anilines is 1. The number of ether oxygens (including phenoxy) is 1. The van der Waals surface area contributed by atoms with Crippen molar-refractivity contribution in [3.63, 3.8) is 0 Å². The van der Waals surface area contributed by atoms with Crippen molar-refractivity contribution < 1.29 is 19.1 Å². The third kappa shape index (κ3) is 3.56. The van der Waals surface area contributed by atoms with Crippen molar-refractivity contribution in [2.24, 2.45) is 0 Å². The number of hydrogen-bond acceptors (Lipinski definition) is 5. The predicted molar refractivity (Wildman–Crippen MR) is 106 cm³/mol. The van der Waals surface area contributed by atoms with Crippen molar-refractivity contribution in [2.45, 2.75) is 12.8 Å². The van der Waals surface area contributed by atoms with Crippen molar-refractivity contribution in [2.75, 3.05) is 25.5 Å². The third-order valence-electron chi connectivity index (χ3n) is 4.89. The number of aromatic nitrogens is 2. The molecule has 0 aliphatic carbocycles. The van der Waals surface area contributed by atoms with Crippen molar-refractivity contribution in [3.8, 4) is 0 Å². The molecule has 1 aliphatic heterocycles. The van der Waals surface area contributed by atoms with E-state index < -0.39 is 11.9 Å². The second kappa shape index (κ2) is 7.75. The van der Waals surface area contributed by atoms with Crippen molar-refractivity contribution in [3.05, 3.63) is 65.7 Å². The molecule has 3 heterocycles. The van der Waals surface area contributed by atoms with Gasteiger partial charge in [-0.1, -0.05) is 12.1 Å². The molecular formula is C21H20N4O4. The summed E-state index contributed by atoms with van der Waals surface area (Å²) in [5, 5.41) is 2.74. The zero-order valence-electron chi connectivity index (χ0n) is 15.9. The first kappa shape index (κ1) is 18.7. The Bertz CT molecular complexity index is 1100. The summed E-state index contributed by atoms with van der Waals surface area (Å²) in [5.41, 5.74) is 1.60. The van der Waals surface area contributed by atoms with Crippen LogP contribution in [0.25, 0.3) is 5.52 Å². The summed E-state index contributed by atoms with van der Waals surface area (Å²) >= 11 is 0. The van der Waals surface area contributed by atoms with Gasteiger partial charge in [-0.3, -0.25) is 14.0 Å². The maximum Gasteiger partial charge on any atom is 0.337 e. The predicted octanol–water partition coefficient (Wildman–Crippen LogP) is 2.61. The summed E-state index contributed by atoms with van der Waals surface area (Å²) in [7, 11) is 1.29. The number of esters is 1. The second-order valence-corrected chi connectivity index (χ2v) is 6.77. The minimum atomic E-state index is -0.495. The Labute approximate surface area is 167 Å². The summed E-state index contributed by atoms with van der Waals surface area (Å²) in [6.45, 7) is 1.40. The van der Waals surface area contributed by atoms with E-state index in [0.717, 1.165) is 12.8 Å². The average molecular weight is 392 g/mol. The lowest BCUT2D eigenvalue weighted by Crippen LogP contribution is -2.28. The molecule has 3 aromatic rings. The van der Waals surface area contributed by atoms with Gasteiger partial charge in [0.2, 0.25) is 5.82 Å². The quantitative estimate of drug-likeness (QED) is 0.689. The number of likely N-dealkylation sites (tertiary alicyclic amines) is 1. The first-order valence-electron chi connectivity index (χ1n) is 9.34. The number of nitrogens with zero attached hydrogens (tertiary/aromatic N) is 3. The Morgan fingerprint density at radius 3 is 2.62 bits per heavy atom. The summed E-state index contributed by atoms with van der Waals surface area (Å²) in [4.78, 5) is 43.6. The molecule has 0 saturated carbocycles. The largest absolute Gasteiger partial charge is 0.465 e. The fraction of sp³-hybridized carbons (Fsp3) is 0.238. The Morgan fingerprint density at radius 1 is 1.07 bits per heavy atom. The summed E-state index contributed by atoms with van der Waals surface area (Å²) < 4.78 is 6.31. The van der Waals surface area contributed by atoms with Gasteiger partial charge in [-0.25, -0.2) is 9.78 Å². The van der Waals surface area contributed by atoms with Crippen LogP contribution in [-0.4, -0.2) is 52.3 Å². The highest BCUT2D eigenvalue weighted by Crippen LogP contribution is 2.20. The zero-order valence-corrected chi connectivity index (χ0v) is 15.9. The summed E-state index contributed by atoms with van der Waals surface area (Å²) in [6, 6.07) is 11.8. The molecule has 1 aromatic carbocycles. The van der Waals surface area contributed by atoms with Gasteiger partial charge in [0, 0.05) is 25.0 Å². The van der Waals surface area contributed by atoms with E-state index in [4.69, 9.17) is 4.74 Å². The maximum absolute atomic E-state index is 12.9. The molecule has 1 fully saturated rings. The fourth-order valence-corrected chi connectivity index (χ4v) is 3.45. The van der Waals surface area contributed by atoms with Gasteiger partial charge in [0.25, 0.3) is 11.8 Å². The molecule has 0 atom stereocenters. The monoisotopic (exact) mass is 392 g/mol. The van der Waals surface area contributed by atoms with Crippen LogP contribution >= 0.6 is 0 Å². The van der Waals surface area contributed by atoms with Crippen molar-refractivity contribution in [1.29, 1.82) is 0 Å². The van der Waals surface area contributed by atoms with E-state index in [1.807, 2.05) is 0 Å². The van der Waals surface area contributed by atoms with E-state index in [0.29, 0.717) is 29.9 Å². The van der Waals surface area contributed by atoms with Gasteiger partial charge in [-0.2, -0.15) is 0 Å². The van der Waals surface area contributed by atoms with E-state index in [1.165, 1.54) is 13.2 Å². The Morgan fingerprint density at radius 2 is 1.86 bits per heavy atom. The number of amides is 2. The van der Waals surface area contributed by atoms with Crippen LogP contribution in [0.3, 0.4) is 0 Å². The van der Waals surface area contributed by atoms with Gasteiger partial charge < -0.3 is 15.0 Å². The first-order valence-corrected chi connectivity index (χ1v) is 9.34. The molecule has 8 nitrogen and oxygen atoms in total. The van der Waals surface area contributed by atoms with Crippen LogP contribution in [0, 0.1) is 0 Å². The SMILES string of the molecule is COC(=O)c1cccc(NC(=O)c2nc(C(=O)N3CCCC3)c3ccccn23)c1. The highest BCUT2D eigenvalue weighted by atomic mass is 16.5. The average Bonchev–Trinajstić information content (AvgIpc) is 3.41. The van der Waals surface area contributed by atoms with Crippen molar-refractivity contribution >= 4 is 29.0 Å². The number of rotatable bonds is 4. The van der Waals surface area contributed by atoms with E-state index in [1.54, 1.807) is 51.9 Å². The Balaban J connectivity index is 1.66. The molecule has 0 radical (unpaired) electrons. The molecule has 0 bridgehead atoms. The standard InChI is InChI=1S/C21H20N4O4/c1-29-21(28)14-7-6-8-15(13-14)22-19(26)18-23-17(16-9-2-3-12-25(16)18)20(27)24-10-4-5-11-24/h2-3,6-9,12-13H,4-5,10-11H2,1H3,(H,22,26). The minimum absolute atomic E-state index is 0.103. The molecule has 0 spiro atoms. The van der Waals surface area contributed by atoms with E-state index in [2.05, 4.69) is 10.3 Å². The van der Waals surface area contributed by atoms with E-state index in [9.17, 15) is 14.4 Å². The minimum Gasteiger partial charge on any atom is -0.465 e. The van der Waals surface area contributed by atoms with Gasteiger partial charge in [0.05, 0.1) is 18.2 Å². The van der Waals surface area contributed by atoms with Crippen LogP contribution in [0.15, 0.2) is 48.7 Å². The Kier molecular flexibility index (Phi) is 4.99. The number of hydrogen-bond donors (Lipinski definition) is 1. The molecule has 1 saturated heterocycles. The van der Waals surface area contributed by atoms with Gasteiger partial charge in [0.15, 0.2) is 5.69 Å². The summed E-state index contributed by atoms with van der Waals surface area (Å²) in [6.07, 6.45) is 3.64. The lowest BCUT2D eigenvalue weighted by molar-refractivity contribution is 0.0600. The smallest absolute Gasteiger partial charge is 0.337 e. The number of nitrogens with one attached hydrogen (secondary N) is 1. The molecule has 4 rings (SSSR count). The van der Waals surface area contributed by atoms with Gasteiger partial charge >= 0.3 is 5.97 Å². The summed E-state index contributed by atoms with van der Waals surface area (Å²) in [5.74, 6) is -1.04. The van der Waals surface area contributed by atoms with E-state index in [-0.39, 0.29) is 17.4 Å². The number of imidazole rings is 1. The molecule has 2 aromatic heterocycles. The highest BCUT2D eigenvalue weighted by Gasteiger charge is 2.26. The van der Waals surface area contributed by atoms with Crippen LogP contribution < -0.4 is 5.32 Å². The van der Waals surface area contributed by atoms with Gasteiger partial charge in [-0.15, -0.1) is 0 Å². The molecule has 2 amide bonds. The van der Waals surface area contributed by atoms with Gasteiger partial charge in [-0.05, 0) is 43.2 Å². The molecule has 1 aliphatic rings. The van der Waals surface area contributed by atoms with E-state index >= 15 is 0 Å². The maximum atomic E-state index is 12.9. The van der Waals surface area contributed by atoms with Crippen molar-refractivity contribution in [1.82, 2.24) is 14.3 Å². The lowest BCUT2D eigenvalue weighted by Gasteiger charge is -2.13. The molecule has 8 heteroatoms. The third-order valence-corrected chi connectivity index (χ3v) is 4.89. The molecule has 29 heavy (non-hydrogen) atoms. The van der Waals surface area contributed by atoms with Crippen LogP contribution in [0.4, 0.5) is 5.69 Å². The molecule has 148 valence electrons. The fourth-order valence-electron chi connectivity index (χ4n) is 3.45. The number of pyridine rings is 1. The van der Waals surface area contributed by atoms with Gasteiger partial charge in [0.1, 0.15) is 0 Å². The second-order valence-electron chi connectivity index (χ2n) is 6.77. The highest BCUT2D eigenvalue weighted by molar-refractivity contribution is 6.06. The number of carbonyl (C=O) groups excluding carboxylic acids is 3. The zero-order chi connectivity index (χ0) is 20.4. The number of carbonyl (C=O) groups is 3. The topological polar surface area (TPSA) is 93.0 Å². The number of benzene rings is 1. The molecule has 1 N–H and O–H groups in total. The van der Waals surface area contributed by atoms with Crippen LogP contribution in [0.1, 0.15) is 44.3 Å². The molecular weight excluding hydrogens is 372 g/mol. The first-order chi connectivity index (χ1) is 14.1. The Hall–Kier alpha value is -3.68. The van der Waals surface area contributed by atoms with Crippen LogP contribution in [0.5, 0.6) is 0 Å².